The molecule has 0 saturated carbocycles. The second-order valence-electron chi connectivity index (χ2n) is 6.45. The number of allylic oxidation sites excluding steroid dienone is 1. The van der Waals surface area contributed by atoms with Gasteiger partial charge in [0.2, 0.25) is 0 Å². The molecule has 0 aliphatic rings. The van der Waals surface area contributed by atoms with Gasteiger partial charge in [-0.2, -0.15) is 0 Å². The summed E-state index contributed by atoms with van der Waals surface area (Å²) in [6.45, 7) is 0.420. The standard InChI is InChI=1S/C25H24O5/c1-27-22-13-10-18(15-24(22)28-2)9-12-21(26)20-11-14-23(25(16-20)29-3)30-17-19-7-5-4-6-8-19/h4-16H,17H2,1-3H3/b12-9-. The highest BCUT2D eigenvalue weighted by Crippen LogP contribution is 2.30. The second-order valence-corrected chi connectivity index (χ2v) is 6.45. The molecule has 0 atom stereocenters. The van der Waals surface area contributed by atoms with Crippen LogP contribution >= 0.6 is 0 Å². The van der Waals surface area contributed by atoms with Crippen molar-refractivity contribution >= 4 is 11.9 Å². The SMILES string of the molecule is COc1ccc(/C=C\C(=O)c2ccc(OCc3ccccc3)c(OC)c2)cc1OC. The Morgan fingerprint density at radius 3 is 2.13 bits per heavy atom. The highest BCUT2D eigenvalue weighted by Gasteiger charge is 2.10. The van der Waals surface area contributed by atoms with Crippen LogP contribution in [0.25, 0.3) is 6.08 Å². The van der Waals surface area contributed by atoms with E-state index in [9.17, 15) is 4.79 Å². The van der Waals surface area contributed by atoms with Crippen LogP contribution in [0, 0.1) is 0 Å². The second kappa shape index (κ2) is 10.2. The van der Waals surface area contributed by atoms with Crippen LogP contribution in [-0.2, 0) is 6.61 Å². The van der Waals surface area contributed by atoms with Crippen molar-refractivity contribution in [3.8, 4) is 23.0 Å². The van der Waals surface area contributed by atoms with E-state index in [1.807, 2.05) is 42.5 Å². The van der Waals surface area contributed by atoms with Gasteiger partial charge in [-0.1, -0.05) is 42.5 Å². The lowest BCUT2D eigenvalue weighted by Gasteiger charge is -2.11. The fourth-order valence-electron chi connectivity index (χ4n) is 2.90. The third kappa shape index (κ3) is 5.20. The Hall–Kier alpha value is -3.73. The van der Waals surface area contributed by atoms with Crippen molar-refractivity contribution in [2.45, 2.75) is 6.61 Å². The van der Waals surface area contributed by atoms with Gasteiger partial charge in [0.25, 0.3) is 0 Å². The Labute approximate surface area is 176 Å². The lowest BCUT2D eigenvalue weighted by atomic mass is 10.1. The number of rotatable bonds is 9. The molecule has 3 aromatic carbocycles. The Bertz CT molecular complexity index is 1020. The molecule has 0 radical (unpaired) electrons. The molecular weight excluding hydrogens is 380 g/mol. The molecule has 0 heterocycles. The molecule has 0 aliphatic heterocycles. The topological polar surface area (TPSA) is 54.0 Å². The Kier molecular flexibility index (Phi) is 7.11. The number of ketones is 1. The summed E-state index contributed by atoms with van der Waals surface area (Å²) in [5, 5.41) is 0. The first-order chi connectivity index (χ1) is 14.6. The third-order valence-electron chi connectivity index (χ3n) is 4.52. The van der Waals surface area contributed by atoms with Crippen molar-refractivity contribution in [1.29, 1.82) is 0 Å². The maximum absolute atomic E-state index is 12.6. The van der Waals surface area contributed by atoms with Crippen LogP contribution in [0.15, 0.2) is 72.8 Å². The summed E-state index contributed by atoms with van der Waals surface area (Å²) in [6, 6.07) is 20.5. The van der Waals surface area contributed by atoms with E-state index in [1.54, 1.807) is 51.7 Å². The molecule has 0 bridgehead atoms. The molecule has 5 nitrogen and oxygen atoms in total. The monoisotopic (exact) mass is 404 g/mol. The van der Waals surface area contributed by atoms with Gasteiger partial charge in [-0.15, -0.1) is 0 Å². The van der Waals surface area contributed by atoms with Crippen molar-refractivity contribution in [1.82, 2.24) is 0 Å². The highest BCUT2D eigenvalue weighted by atomic mass is 16.5. The van der Waals surface area contributed by atoms with E-state index in [1.165, 1.54) is 6.08 Å². The number of hydrogen-bond acceptors (Lipinski definition) is 5. The van der Waals surface area contributed by atoms with Crippen molar-refractivity contribution < 1.29 is 23.7 Å². The summed E-state index contributed by atoms with van der Waals surface area (Å²) in [6.07, 6.45) is 3.25. The molecule has 0 aromatic heterocycles. The van der Waals surface area contributed by atoms with Gasteiger partial charge in [-0.25, -0.2) is 0 Å². The quantitative estimate of drug-likeness (QED) is 0.363. The molecule has 0 unspecified atom stereocenters. The molecule has 3 rings (SSSR count). The minimum atomic E-state index is -0.141. The van der Waals surface area contributed by atoms with E-state index >= 15 is 0 Å². The van der Waals surface area contributed by atoms with Gasteiger partial charge in [0.05, 0.1) is 21.3 Å². The molecule has 154 valence electrons. The molecular formula is C25H24O5. The van der Waals surface area contributed by atoms with E-state index in [4.69, 9.17) is 18.9 Å². The molecule has 5 heteroatoms. The van der Waals surface area contributed by atoms with Gasteiger partial charge in [0.1, 0.15) is 6.61 Å². The van der Waals surface area contributed by atoms with E-state index in [0.29, 0.717) is 35.2 Å². The van der Waals surface area contributed by atoms with Crippen LogP contribution in [0.5, 0.6) is 23.0 Å². The highest BCUT2D eigenvalue weighted by molar-refractivity contribution is 6.07. The fourth-order valence-corrected chi connectivity index (χ4v) is 2.90. The van der Waals surface area contributed by atoms with E-state index in [-0.39, 0.29) is 5.78 Å². The normalized spacial score (nSPS) is 10.6. The van der Waals surface area contributed by atoms with E-state index in [0.717, 1.165) is 11.1 Å². The van der Waals surface area contributed by atoms with Crippen LogP contribution in [0.3, 0.4) is 0 Å². The maximum atomic E-state index is 12.6. The Morgan fingerprint density at radius 2 is 1.43 bits per heavy atom. The minimum Gasteiger partial charge on any atom is -0.493 e. The zero-order valence-corrected chi connectivity index (χ0v) is 17.3. The summed E-state index contributed by atoms with van der Waals surface area (Å²) >= 11 is 0. The van der Waals surface area contributed by atoms with Crippen molar-refractivity contribution in [2.24, 2.45) is 0 Å². The van der Waals surface area contributed by atoms with E-state index in [2.05, 4.69) is 0 Å². The van der Waals surface area contributed by atoms with Gasteiger partial charge >= 0.3 is 0 Å². The average Bonchev–Trinajstić information content (AvgIpc) is 2.81. The van der Waals surface area contributed by atoms with E-state index < -0.39 is 0 Å². The summed E-state index contributed by atoms with van der Waals surface area (Å²) in [5.74, 6) is 2.20. The lowest BCUT2D eigenvalue weighted by molar-refractivity contribution is 0.104. The number of benzene rings is 3. The minimum absolute atomic E-state index is 0.141. The van der Waals surface area contributed by atoms with Gasteiger partial charge in [-0.05, 0) is 47.5 Å². The summed E-state index contributed by atoms with van der Waals surface area (Å²) < 4.78 is 21.8. The zero-order chi connectivity index (χ0) is 21.3. The Balaban J connectivity index is 1.72. The van der Waals surface area contributed by atoms with Crippen LogP contribution in [0.4, 0.5) is 0 Å². The summed E-state index contributed by atoms with van der Waals surface area (Å²) in [5.41, 5.74) is 2.39. The largest absolute Gasteiger partial charge is 0.493 e. The summed E-state index contributed by atoms with van der Waals surface area (Å²) in [7, 11) is 4.71. The molecule has 0 saturated heterocycles. The van der Waals surface area contributed by atoms with Crippen LogP contribution < -0.4 is 18.9 Å². The smallest absolute Gasteiger partial charge is 0.185 e. The summed E-state index contributed by atoms with van der Waals surface area (Å²) in [4.78, 5) is 12.6. The number of methoxy groups -OCH3 is 3. The van der Waals surface area contributed by atoms with Crippen molar-refractivity contribution in [2.75, 3.05) is 21.3 Å². The number of hydrogen-bond donors (Lipinski definition) is 0. The molecule has 0 fully saturated rings. The van der Waals surface area contributed by atoms with Crippen molar-refractivity contribution in [3.05, 3.63) is 89.5 Å². The van der Waals surface area contributed by atoms with Crippen LogP contribution in [0.2, 0.25) is 0 Å². The number of carbonyl (C=O) groups excluding carboxylic acids is 1. The van der Waals surface area contributed by atoms with Gasteiger partial charge in [-0.3, -0.25) is 4.79 Å². The molecule has 30 heavy (non-hydrogen) atoms. The van der Waals surface area contributed by atoms with Gasteiger partial charge in [0, 0.05) is 5.56 Å². The van der Waals surface area contributed by atoms with Gasteiger partial charge < -0.3 is 18.9 Å². The molecule has 0 aliphatic carbocycles. The maximum Gasteiger partial charge on any atom is 0.185 e. The molecule has 0 amide bonds. The Morgan fingerprint density at radius 1 is 0.767 bits per heavy atom. The first kappa shape index (κ1) is 21.0. The molecule has 3 aromatic rings. The predicted octanol–water partition coefficient (Wildman–Crippen LogP) is 5.19. The molecule has 0 spiro atoms. The van der Waals surface area contributed by atoms with Crippen LogP contribution in [0.1, 0.15) is 21.5 Å². The first-order valence-electron chi connectivity index (χ1n) is 9.44. The zero-order valence-electron chi connectivity index (χ0n) is 17.3. The predicted molar refractivity (Wildman–Crippen MR) is 117 cm³/mol. The lowest BCUT2D eigenvalue weighted by Crippen LogP contribution is -2.00. The number of ether oxygens (including phenoxy) is 4. The van der Waals surface area contributed by atoms with Crippen LogP contribution in [-0.4, -0.2) is 27.1 Å². The fraction of sp³-hybridized carbons (Fsp3) is 0.160. The third-order valence-corrected chi connectivity index (χ3v) is 4.52. The van der Waals surface area contributed by atoms with Crippen molar-refractivity contribution in [3.63, 3.8) is 0 Å². The first-order valence-corrected chi connectivity index (χ1v) is 9.44. The molecule has 0 N–H and O–H groups in total. The number of carbonyl (C=O) groups is 1. The van der Waals surface area contributed by atoms with Gasteiger partial charge in [0.15, 0.2) is 28.8 Å². The average molecular weight is 404 g/mol.